The van der Waals surface area contributed by atoms with Crippen molar-refractivity contribution in [3.8, 4) is 28.0 Å². The summed E-state index contributed by atoms with van der Waals surface area (Å²) in [7, 11) is 0. The van der Waals surface area contributed by atoms with Gasteiger partial charge >= 0.3 is 0 Å². The highest BCUT2D eigenvalue weighted by Gasteiger charge is 2.35. The van der Waals surface area contributed by atoms with E-state index in [1.165, 1.54) is 11.3 Å². The average Bonchev–Trinajstić information content (AvgIpc) is 4.02. The van der Waals surface area contributed by atoms with Crippen molar-refractivity contribution in [3.63, 3.8) is 0 Å². The van der Waals surface area contributed by atoms with Gasteiger partial charge in [0.2, 0.25) is 22.9 Å². The van der Waals surface area contributed by atoms with E-state index in [4.69, 9.17) is 9.72 Å². The van der Waals surface area contributed by atoms with E-state index in [1.807, 2.05) is 41.4 Å². The lowest BCUT2D eigenvalue weighted by atomic mass is 9.92. The summed E-state index contributed by atoms with van der Waals surface area (Å²) < 4.78 is 7.40. The number of rotatable bonds is 8. The molecule has 2 atom stereocenters. The highest BCUT2D eigenvalue weighted by atomic mass is 32.1. The molecule has 9 rings (SSSR count). The van der Waals surface area contributed by atoms with Gasteiger partial charge in [0.05, 0.1) is 46.1 Å². The van der Waals surface area contributed by atoms with Crippen molar-refractivity contribution in [3.05, 3.63) is 66.1 Å². The number of carbonyl (C=O) groups excluding carboxylic acids is 3. The van der Waals surface area contributed by atoms with Crippen LogP contribution in [0.5, 0.6) is 0 Å². The van der Waals surface area contributed by atoms with Gasteiger partial charge in [-0.2, -0.15) is 10.4 Å². The molecule has 5 aromatic heterocycles. The van der Waals surface area contributed by atoms with Crippen molar-refractivity contribution in [2.45, 2.75) is 44.1 Å². The van der Waals surface area contributed by atoms with Gasteiger partial charge in [0, 0.05) is 83.0 Å². The molecule has 3 amide bonds. The molecule has 286 valence electrons. The second-order valence-electron chi connectivity index (χ2n) is 14.6. The molecule has 9 heterocycles. The summed E-state index contributed by atoms with van der Waals surface area (Å²) in [6.45, 7) is 5.26. The van der Waals surface area contributed by atoms with Crippen LogP contribution in [0.25, 0.3) is 27.5 Å². The maximum Gasteiger partial charge on any atom is 0.234 e. The minimum atomic E-state index is -0.371. The molecule has 4 fully saturated rings. The summed E-state index contributed by atoms with van der Waals surface area (Å²) >= 11 is 1.52. The zero-order valence-corrected chi connectivity index (χ0v) is 31.5. The smallest absolute Gasteiger partial charge is 0.234 e. The van der Waals surface area contributed by atoms with Crippen molar-refractivity contribution in [1.82, 2.24) is 40.0 Å². The van der Waals surface area contributed by atoms with Gasteiger partial charge < -0.3 is 24.8 Å². The lowest BCUT2D eigenvalue weighted by molar-refractivity contribution is -0.135. The van der Waals surface area contributed by atoms with E-state index in [0.29, 0.717) is 64.3 Å². The second-order valence-corrected chi connectivity index (χ2v) is 15.6. The Hall–Kier alpha value is -5.99. The number of aromatic nitrogens is 6. The molecule has 4 aliphatic rings. The number of piperazine rings is 1. The van der Waals surface area contributed by atoms with E-state index in [-0.39, 0.29) is 35.6 Å². The van der Waals surface area contributed by atoms with Crippen LogP contribution in [0.4, 0.5) is 16.6 Å². The van der Waals surface area contributed by atoms with E-state index < -0.39 is 0 Å². The molecule has 17 heteroatoms. The Morgan fingerprint density at radius 2 is 1.79 bits per heavy atom. The lowest BCUT2D eigenvalue weighted by Gasteiger charge is -2.35. The maximum atomic E-state index is 13.7. The molecule has 16 nitrogen and oxygen atoms in total. The van der Waals surface area contributed by atoms with Crippen LogP contribution in [0.1, 0.15) is 49.1 Å². The summed E-state index contributed by atoms with van der Waals surface area (Å²) in [5, 5.41) is 30.7. The number of ether oxygens (including phenoxy) is 1. The topological polar surface area (TPSA) is 187 Å². The Kier molecular flexibility index (Phi) is 9.73. The molecule has 0 saturated carbocycles. The number of carbonyl (C=O) groups is 3. The minimum Gasteiger partial charge on any atom is -0.381 e. The highest BCUT2D eigenvalue weighted by Crippen LogP contribution is 2.37. The summed E-state index contributed by atoms with van der Waals surface area (Å²) in [6.07, 6.45) is 8.46. The van der Waals surface area contributed by atoms with Crippen LogP contribution >= 0.6 is 11.3 Å². The molecule has 2 N–H and O–H groups in total. The molecule has 0 spiro atoms. The fourth-order valence-corrected chi connectivity index (χ4v) is 8.92. The summed E-state index contributed by atoms with van der Waals surface area (Å²) in [5.74, 6) is -0.0410. The predicted molar refractivity (Wildman–Crippen MR) is 208 cm³/mol. The number of piperidine rings is 1. The molecule has 56 heavy (non-hydrogen) atoms. The Balaban J connectivity index is 0.846. The van der Waals surface area contributed by atoms with Gasteiger partial charge in [-0.1, -0.05) is 17.4 Å². The van der Waals surface area contributed by atoms with Crippen molar-refractivity contribution in [2.75, 3.05) is 67.6 Å². The summed E-state index contributed by atoms with van der Waals surface area (Å²) in [5.41, 5.74) is 5.45. The van der Waals surface area contributed by atoms with Crippen molar-refractivity contribution < 1.29 is 19.1 Å². The zero-order chi connectivity index (χ0) is 38.2. The number of fused-ring (bicyclic) bond motifs is 1. The van der Waals surface area contributed by atoms with Gasteiger partial charge in [-0.15, -0.1) is 10.2 Å². The Morgan fingerprint density at radius 3 is 2.57 bits per heavy atom. The average molecular weight is 773 g/mol. The largest absolute Gasteiger partial charge is 0.381 e. The molecular formula is C39H40N12O4S. The van der Waals surface area contributed by atoms with Crippen LogP contribution in [0, 0.1) is 17.2 Å². The fraction of sp³-hybridized carbons (Fsp3) is 0.410. The number of nitriles is 1. The van der Waals surface area contributed by atoms with E-state index in [1.54, 1.807) is 23.0 Å². The zero-order valence-electron chi connectivity index (χ0n) is 30.6. The van der Waals surface area contributed by atoms with Crippen molar-refractivity contribution in [1.29, 1.82) is 5.26 Å². The first-order valence-electron chi connectivity index (χ1n) is 19.0. The van der Waals surface area contributed by atoms with Crippen molar-refractivity contribution in [2.24, 2.45) is 5.92 Å². The van der Waals surface area contributed by atoms with Crippen LogP contribution in [0.15, 0.2) is 55.0 Å². The number of hydrogen-bond donors (Lipinski definition) is 2. The third-order valence-corrected chi connectivity index (χ3v) is 12.2. The minimum absolute atomic E-state index is 0.112. The molecule has 0 radical (unpaired) electrons. The number of nitrogens with zero attached hydrogens (tertiary/aromatic N) is 10. The first-order chi connectivity index (χ1) is 27.4. The van der Waals surface area contributed by atoms with Crippen LogP contribution in [-0.2, 0) is 19.1 Å². The molecule has 0 bridgehead atoms. The monoisotopic (exact) mass is 772 g/mol. The molecule has 0 aliphatic carbocycles. The molecule has 0 aromatic carbocycles. The number of pyridine rings is 2. The van der Waals surface area contributed by atoms with Gasteiger partial charge in [0.25, 0.3) is 0 Å². The SMILES string of the molecule is N#Cc1cnn2c(-c3cc(NC4CCOCC4)c(-c4nnc(N5CCN(C(=O)[C@H]6CCN(c7ccc([C@@H]8CCC(=O)NC8=O)cn7)C6)CC5)s4)cn3)ccc2c1. The number of hydrogen-bond acceptors (Lipinski definition) is 14. The van der Waals surface area contributed by atoms with Crippen LogP contribution in [0.2, 0.25) is 0 Å². The van der Waals surface area contributed by atoms with E-state index in [0.717, 1.165) is 75.5 Å². The molecule has 5 aromatic rings. The number of anilines is 3. The number of nitrogens with one attached hydrogen (secondary N) is 2. The van der Waals surface area contributed by atoms with Gasteiger partial charge in [-0.3, -0.25) is 24.7 Å². The van der Waals surface area contributed by atoms with Gasteiger partial charge in [-0.05, 0) is 61.6 Å². The van der Waals surface area contributed by atoms with Crippen LogP contribution < -0.4 is 20.4 Å². The Labute approximate surface area is 326 Å². The Bertz CT molecular complexity index is 2320. The quantitative estimate of drug-likeness (QED) is 0.219. The third-order valence-electron chi connectivity index (χ3n) is 11.2. The van der Waals surface area contributed by atoms with Gasteiger partial charge in [-0.25, -0.2) is 9.50 Å². The van der Waals surface area contributed by atoms with Crippen molar-refractivity contribution >= 4 is 51.2 Å². The van der Waals surface area contributed by atoms with E-state index in [2.05, 4.69) is 46.8 Å². The molecule has 0 unspecified atom stereocenters. The highest BCUT2D eigenvalue weighted by molar-refractivity contribution is 7.18. The number of imide groups is 1. The molecule has 4 aliphatic heterocycles. The van der Waals surface area contributed by atoms with E-state index in [9.17, 15) is 19.6 Å². The second kappa shape index (κ2) is 15.3. The fourth-order valence-electron chi connectivity index (χ4n) is 8.00. The van der Waals surface area contributed by atoms with Crippen LogP contribution in [-0.4, -0.2) is 111 Å². The van der Waals surface area contributed by atoms with E-state index >= 15 is 0 Å². The Morgan fingerprint density at radius 1 is 0.929 bits per heavy atom. The standard InChI is InChI=1S/C39H40N12O4S/c40-19-24-17-28-2-4-33(51(28)43-20-24)32-18-31(44-27-8-15-55-16-9-27)30(22-41-32)37-46-47-39(56-37)49-13-11-48(12-14-49)38(54)26-7-10-50(23-26)34-5-1-25(21-42-34)29-3-6-35(52)45-36(29)53/h1-2,4-5,17-18,20-22,26-27,29H,3,6-16,23H2,(H,41,44)(H,45,52,53)/t26-,29-/m0/s1. The molecular weight excluding hydrogens is 733 g/mol. The van der Waals surface area contributed by atoms with Gasteiger partial charge in [0.1, 0.15) is 11.9 Å². The predicted octanol–water partition coefficient (Wildman–Crippen LogP) is 3.47. The number of amides is 3. The summed E-state index contributed by atoms with van der Waals surface area (Å²) in [4.78, 5) is 53.3. The normalized spacial score (nSPS) is 20.7. The third kappa shape index (κ3) is 7.13. The lowest BCUT2D eigenvalue weighted by Crippen LogP contribution is -2.50. The van der Waals surface area contributed by atoms with Gasteiger partial charge in [0.15, 0.2) is 5.01 Å². The summed E-state index contributed by atoms with van der Waals surface area (Å²) in [6, 6.07) is 13.9. The first-order valence-corrected chi connectivity index (χ1v) is 19.9. The maximum absolute atomic E-state index is 13.7. The van der Waals surface area contributed by atoms with Crippen LogP contribution in [0.3, 0.4) is 0 Å². The molecule has 4 saturated heterocycles. The first kappa shape index (κ1) is 35.7.